The highest BCUT2D eigenvalue weighted by molar-refractivity contribution is 7.93. The SMILES string of the molecule is COC(=O)N=S(C)(=O)c1ccccc1-c1ccc(C(=O)Nc2ccc(Cl)cc2C(=O)Nc2ccc(Cl)cn2)cc1. The smallest absolute Gasteiger partial charge is 0.441 e. The molecular weight excluding hydrogens is 575 g/mol. The van der Waals surface area contributed by atoms with Gasteiger partial charge in [0.1, 0.15) is 5.82 Å². The Balaban J connectivity index is 1.58. The van der Waals surface area contributed by atoms with E-state index in [0.29, 0.717) is 31.6 Å². The maximum atomic E-state index is 13.2. The summed E-state index contributed by atoms with van der Waals surface area (Å²) >= 11 is 12.0. The largest absolute Gasteiger partial charge is 0.451 e. The molecule has 2 N–H and O–H groups in total. The second-order valence-corrected chi connectivity index (χ2v) is 11.5. The highest BCUT2D eigenvalue weighted by Gasteiger charge is 2.18. The van der Waals surface area contributed by atoms with Crippen molar-refractivity contribution in [3.63, 3.8) is 0 Å². The van der Waals surface area contributed by atoms with Gasteiger partial charge in [-0.3, -0.25) is 9.59 Å². The van der Waals surface area contributed by atoms with Crippen LogP contribution in [-0.2, 0) is 14.5 Å². The summed E-state index contributed by atoms with van der Waals surface area (Å²) in [5.41, 5.74) is 1.92. The molecule has 3 amide bonds. The van der Waals surface area contributed by atoms with Crippen LogP contribution in [0.15, 0.2) is 94.3 Å². The summed E-state index contributed by atoms with van der Waals surface area (Å²) in [5.74, 6) is -0.723. The molecule has 12 heteroatoms. The number of hydrogen-bond acceptors (Lipinski definition) is 6. The Bertz CT molecular complexity index is 1720. The number of pyridine rings is 1. The average molecular weight is 597 g/mol. The minimum absolute atomic E-state index is 0.134. The maximum absolute atomic E-state index is 13.2. The van der Waals surface area contributed by atoms with Crippen molar-refractivity contribution in [2.24, 2.45) is 4.36 Å². The number of methoxy groups -OCH3 is 1. The number of anilines is 2. The van der Waals surface area contributed by atoms with Gasteiger partial charge in [-0.05, 0) is 59.7 Å². The van der Waals surface area contributed by atoms with Crippen LogP contribution >= 0.6 is 23.2 Å². The van der Waals surface area contributed by atoms with E-state index in [0.717, 1.165) is 7.11 Å². The molecule has 1 unspecified atom stereocenters. The number of benzene rings is 3. The Morgan fingerprint density at radius 3 is 2.25 bits per heavy atom. The van der Waals surface area contributed by atoms with Crippen molar-refractivity contribution in [2.75, 3.05) is 24.0 Å². The van der Waals surface area contributed by atoms with E-state index in [2.05, 4.69) is 24.7 Å². The number of nitrogens with zero attached hydrogens (tertiary/aromatic N) is 2. The Morgan fingerprint density at radius 2 is 1.57 bits per heavy atom. The van der Waals surface area contributed by atoms with Crippen molar-refractivity contribution >= 4 is 62.3 Å². The fourth-order valence-electron chi connectivity index (χ4n) is 3.71. The number of halogens is 2. The minimum Gasteiger partial charge on any atom is -0.451 e. The predicted octanol–water partition coefficient (Wildman–Crippen LogP) is 6.78. The first kappa shape index (κ1) is 28.8. The second kappa shape index (κ2) is 12.3. The van der Waals surface area contributed by atoms with Crippen LogP contribution in [0.3, 0.4) is 0 Å². The summed E-state index contributed by atoms with van der Waals surface area (Å²) in [5, 5.41) is 6.11. The number of carbonyl (C=O) groups is 3. The number of rotatable bonds is 6. The van der Waals surface area contributed by atoms with Crippen molar-refractivity contribution in [3.8, 4) is 11.1 Å². The van der Waals surface area contributed by atoms with Gasteiger partial charge < -0.3 is 15.4 Å². The number of ether oxygens (including phenoxy) is 1. The van der Waals surface area contributed by atoms with Gasteiger partial charge in [0, 0.05) is 23.0 Å². The quantitative estimate of drug-likeness (QED) is 0.252. The fraction of sp³-hybridized carbons (Fsp3) is 0.0714. The second-order valence-electron chi connectivity index (χ2n) is 8.40. The van der Waals surface area contributed by atoms with E-state index < -0.39 is 27.6 Å². The van der Waals surface area contributed by atoms with E-state index in [1.807, 2.05) is 0 Å². The normalized spacial score (nSPS) is 12.1. The van der Waals surface area contributed by atoms with Gasteiger partial charge in [-0.25, -0.2) is 14.0 Å². The molecule has 0 fully saturated rings. The molecule has 40 heavy (non-hydrogen) atoms. The number of carbonyl (C=O) groups excluding carboxylic acids is 3. The molecule has 0 spiro atoms. The molecule has 4 rings (SSSR count). The summed E-state index contributed by atoms with van der Waals surface area (Å²) < 4.78 is 21.4. The lowest BCUT2D eigenvalue weighted by atomic mass is 10.0. The molecule has 4 aromatic rings. The predicted molar refractivity (Wildman–Crippen MR) is 156 cm³/mol. The fourth-order valence-corrected chi connectivity index (χ4v) is 5.37. The third-order valence-corrected chi connectivity index (χ3v) is 7.75. The monoisotopic (exact) mass is 596 g/mol. The molecule has 1 atom stereocenters. The molecule has 0 aliphatic heterocycles. The number of amides is 3. The lowest BCUT2D eigenvalue weighted by Crippen LogP contribution is -2.18. The average Bonchev–Trinajstić information content (AvgIpc) is 2.95. The van der Waals surface area contributed by atoms with Gasteiger partial charge >= 0.3 is 6.09 Å². The molecule has 0 bridgehead atoms. The summed E-state index contributed by atoms with van der Waals surface area (Å²) in [4.78, 5) is 42.1. The molecule has 0 aliphatic rings. The Hall–Kier alpha value is -4.25. The van der Waals surface area contributed by atoms with Gasteiger partial charge in [-0.1, -0.05) is 53.5 Å². The van der Waals surface area contributed by atoms with Crippen molar-refractivity contribution < 1.29 is 23.3 Å². The van der Waals surface area contributed by atoms with Crippen molar-refractivity contribution in [1.82, 2.24) is 4.98 Å². The molecule has 1 heterocycles. The standard InChI is InChI=1S/C28H22Cl2N4O5S/c1-39-28(37)34-40(2,38)24-6-4-3-5-21(24)17-7-9-18(10-8-17)26(35)32-23-13-11-19(29)15-22(23)27(36)33-25-14-12-20(30)16-31-25/h3-16H,1-2H3,(H,32,35)(H,31,33,36). The number of aromatic nitrogens is 1. The van der Waals surface area contributed by atoms with Crippen LogP contribution in [0.2, 0.25) is 10.0 Å². The van der Waals surface area contributed by atoms with Gasteiger partial charge in [0.2, 0.25) is 0 Å². The Kier molecular flexibility index (Phi) is 8.83. The molecule has 0 saturated carbocycles. The molecular formula is C28H22Cl2N4O5S. The van der Waals surface area contributed by atoms with Crippen LogP contribution in [0.4, 0.5) is 16.3 Å². The topological polar surface area (TPSA) is 127 Å². The molecule has 0 saturated heterocycles. The number of hydrogen-bond donors (Lipinski definition) is 2. The van der Waals surface area contributed by atoms with Crippen LogP contribution < -0.4 is 10.6 Å². The van der Waals surface area contributed by atoms with Crippen LogP contribution in [0.1, 0.15) is 20.7 Å². The maximum Gasteiger partial charge on any atom is 0.441 e. The van der Waals surface area contributed by atoms with E-state index in [9.17, 15) is 18.6 Å². The Labute approximate surface area is 240 Å². The van der Waals surface area contributed by atoms with E-state index >= 15 is 0 Å². The van der Waals surface area contributed by atoms with Gasteiger partial charge in [0.25, 0.3) is 11.8 Å². The minimum atomic E-state index is -3.10. The molecule has 1 aromatic heterocycles. The lowest BCUT2D eigenvalue weighted by molar-refractivity contribution is 0.102. The Morgan fingerprint density at radius 1 is 0.875 bits per heavy atom. The van der Waals surface area contributed by atoms with Gasteiger partial charge in [0.15, 0.2) is 0 Å². The molecule has 204 valence electrons. The summed E-state index contributed by atoms with van der Waals surface area (Å²) in [7, 11) is -1.94. The zero-order valence-corrected chi connectivity index (χ0v) is 23.5. The third kappa shape index (κ3) is 6.84. The zero-order chi connectivity index (χ0) is 28.9. The van der Waals surface area contributed by atoms with E-state index in [1.165, 1.54) is 24.6 Å². The van der Waals surface area contributed by atoms with Gasteiger partial charge in [-0.2, -0.15) is 0 Å². The highest BCUT2D eigenvalue weighted by atomic mass is 35.5. The van der Waals surface area contributed by atoms with Crippen molar-refractivity contribution in [2.45, 2.75) is 4.90 Å². The molecule has 0 aliphatic carbocycles. The van der Waals surface area contributed by atoms with Gasteiger partial charge in [0.05, 0.1) is 38.0 Å². The molecule has 0 radical (unpaired) electrons. The van der Waals surface area contributed by atoms with Crippen LogP contribution in [0.25, 0.3) is 11.1 Å². The first-order chi connectivity index (χ1) is 19.1. The zero-order valence-electron chi connectivity index (χ0n) is 21.2. The van der Waals surface area contributed by atoms with E-state index in [1.54, 1.807) is 66.7 Å². The highest BCUT2D eigenvalue weighted by Crippen LogP contribution is 2.29. The summed E-state index contributed by atoms with van der Waals surface area (Å²) in [6.45, 7) is 0. The number of nitrogens with one attached hydrogen (secondary N) is 2. The van der Waals surface area contributed by atoms with E-state index in [4.69, 9.17) is 23.2 Å². The molecule has 9 nitrogen and oxygen atoms in total. The summed E-state index contributed by atoms with van der Waals surface area (Å²) in [6.07, 6.45) is 1.81. The van der Waals surface area contributed by atoms with Gasteiger partial charge in [-0.15, -0.1) is 4.36 Å². The lowest BCUT2D eigenvalue weighted by Gasteiger charge is -2.13. The molecule has 3 aromatic carbocycles. The van der Waals surface area contributed by atoms with Crippen LogP contribution in [0.5, 0.6) is 0 Å². The van der Waals surface area contributed by atoms with Crippen molar-refractivity contribution in [3.05, 3.63) is 106 Å². The van der Waals surface area contributed by atoms with Crippen LogP contribution in [0, 0.1) is 0 Å². The third-order valence-electron chi connectivity index (χ3n) is 5.62. The summed E-state index contributed by atoms with van der Waals surface area (Å²) in [6, 6.07) is 21.0. The van der Waals surface area contributed by atoms with Crippen molar-refractivity contribution in [1.29, 1.82) is 0 Å². The first-order valence-corrected chi connectivity index (χ1v) is 14.3. The first-order valence-electron chi connectivity index (χ1n) is 11.6. The van der Waals surface area contributed by atoms with E-state index in [-0.39, 0.29) is 17.1 Å². The van der Waals surface area contributed by atoms with Crippen LogP contribution in [-0.4, -0.2) is 40.5 Å².